The van der Waals surface area contributed by atoms with Crippen molar-refractivity contribution >= 4 is 5.69 Å². The van der Waals surface area contributed by atoms with E-state index in [1.165, 1.54) is 45.6 Å². The molecule has 0 saturated heterocycles. The number of methoxy groups -OCH3 is 1. The van der Waals surface area contributed by atoms with E-state index in [2.05, 4.69) is 5.32 Å². The third-order valence-electron chi connectivity index (χ3n) is 4.53. The van der Waals surface area contributed by atoms with Crippen LogP contribution in [0.2, 0.25) is 0 Å². The number of hydrogen-bond acceptors (Lipinski definition) is 2. The van der Waals surface area contributed by atoms with Crippen LogP contribution < -0.4 is 10.1 Å². The van der Waals surface area contributed by atoms with Crippen molar-refractivity contribution in [3.05, 3.63) is 24.0 Å². The van der Waals surface area contributed by atoms with Crippen LogP contribution in [0.1, 0.15) is 38.5 Å². The van der Waals surface area contributed by atoms with Crippen molar-refractivity contribution in [2.45, 2.75) is 44.6 Å². The number of hydrogen-bond donors (Lipinski definition) is 1. The van der Waals surface area contributed by atoms with Crippen LogP contribution in [-0.2, 0) is 0 Å². The molecule has 2 saturated carbocycles. The summed E-state index contributed by atoms with van der Waals surface area (Å²) in [5, 5.41) is 3.49. The first-order chi connectivity index (χ1) is 9.26. The summed E-state index contributed by atoms with van der Waals surface area (Å²) in [6.07, 6.45) is 8.00. The molecule has 2 fully saturated rings. The maximum atomic E-state index is 13.7. The lowest BCUT2D eigenvalue weighted by molar-refractivity contribution is 0.303. The van der Waals surface area contributed by atoms with E-state index in [-0.39, 0.29) is 5.82 Å². The van der Waals surface area contributed by atoms with Crippen LogP contribution in [0.25, 0.3) is 0 Å². The highest BCUT2D eigenvalue weighted by atomic mass is 19.1. The zero-order chi connectivity index (χ0) is 13.2. The molecule has 1 aromatic carbocycles. The number of benzene rings is 1. The molecular weight excluding hydrogens is 241 g/mol. The van der Waals surface area contributed by atoms with Gasteiger partial charge in [-0.05, 0) is 49.7 Å². The molecule has 0 aromatic heterocycles. The van der Waals surface area contributed by atoms with Crippen molar-refractivity contribution in [2.75, 3.05) is 12.4 Å². The predicted molar refractivity (Wildman–Crippen MR) is 75.0 cm³/mol. The van der Waals surface area contributed by atoms with Gasteiger partial charge in [0, 0.05) is 17.8 Å². The van der Waals surface area contributed by atoms with E-state index < -0.39 is 0 Å². The van der Waals surface area contributed by atoms with Gasteiger partial charge in [0.2, 0.25) is 0 Å². The second kappa shape index (κ2) is 5.40. The summed E-state index contributed by atoms with van der Waals surface area (Å²) in [4.78, 5) is 0. The quantitative estimate of drug-likeness (QED) is 0.878. The Morgan fingerprint density at radius 3 is 2.68 bits per heavy atom. The zero-order valence-electron chi connectivity index (χ0n) is 11.5. The molecule has 0 heterocycles. The van der Waals surface area contributed by atoms with Crippen LogP contribution in [0.5, 0.6) is 5.75 Å². The van der Waals surface area contributed by atoms with Crippen LogP contribution in [0.4, 0.5) is 10.1 Å². The van der Waals surface area contributed by atoms with E-state index in [0.29, 0.717) is 11.8 Å². The number of ether oxygens (including phenoxy) is 1. The van der Waals surface area contributed by atoms with E-state index in [9.17, 15) is 4.39 Å². The molecule has 2 unspecified atom stereocenters. The highest BCUT2D eigenvalue weighted by Gasteiger charge is 2.34. The summed E-state index contributed by atoms with van der Waals surface area (Å²) < 4.78 is 18.6. The summed E-state index contributed by atoms with van der Waals surface area (Å²) >= 11 is 0. The molecule has 1 N–H and O–H groups in total. The first-order valence-corrected chi connectivity index (χ1v) is 7.36. The molecule has 2 aliphatic carbocycles. The maximum Gasteiger partial charge on any atom is 0.167 e. The van der Waals surface area contributed by atoms with Gasteiger partial charge in [0.05, 0.1) is 7.11 Å². The van der Waals surface area contributed by atoms with E-state index in [1.807, 2.05) is 6.07 Å². The first-order valence-electron chi connectivity index (χ1n) is 7.36. The Balaban J connectivity index is 1.62. The Kier molecular flexibility index (Phi) is 3.63. The Labute approximate surface area is 114 Å². The third kappa shape index (κ3) is 3.02. The van der Waals surface area contributed by atoms with Gasteiger partial charge in [0.1, 0.15) is 0 Å². The second-order valence-electron chi connectivity index (χ2n) is 5.95. The average Bonchev–Trinajstić information content (AvgIpc) is 3.24. The van der Waals surface area contributed by atoms with Crippen LogP contribution in [-0.4, -0.2) is 13.2 Å². The molecule has 0 radical (unpaired) electrons. The molecule has 0 bridgehead atoms. The summed E-state index contributed by atoms with van der Waals surface area (Å²) in [5.74, 6) is 1.90. The highest BCUT2D eigenvalue weighted by molar-refractivity contribution is 5.48. The molecule has 3 heteroatoms. The summed E-state index contributed by atoms with van der Waals surface area (Å²) in [6.45, 7) is 0. The number of rotatable bonds is 4. The summed E-state index contributed by atoms with van der Waals surface area (Å²) in [5.41, 5.74) is 0.875. The Morgan fingerprint density at radius 1 is 1.16 bits per heavy atom. The molecule has 104 valence electrons. The number of nitrogens with one attached hydrogen (secondary N) is 1. The minimum atomic E-state index is -0.290. The fourth-order valence-electron chi connectivity index (χ4n) is 3.35. The normalized spacial score (nSPS) is 27.1. The largest absolute Gasteiger partial charge is 0.494 e. The lowest BCUT2D eigenvalue weighted by Crippen LogP contribution is -2.28. The molecule has 3 rings (SSSR count). The molecular formula is C16H22FNO. The van der Waals surface area contributed by atoms with Gasteiger partial charge >= 0.3 is 0 Å². The van der Waals surface area contributed by atoms with E-state index >= 15 is 0 Å². The smallest absolute Gasteiger partial charge is 0.167 e. The first kappa shape index (κ1) is 12.8. The average molecular weight is 263 g/mol. The van der Waals surface area contributed by atoms with Gasteiger partial charge in [0.25, 0.3) is 0 Å². The lowest BCUT2D eigenvalue weighted by Gasteiger charge is -2.30. The van der Waals surface area contributed by atoms with Gasteiger partial charge < -0.3 is 10.1 Å². The minimum absolute atomic E-state index is 0.290. The lowest BCUT2D eigenvalue weighted by atomic mass is 9.82. The molecule has 2 aliphatic rings. The van der Waals surface area contributed by atoms with Crippen LogP contribution in [0.15, 0.2) is 18.2 Å². The Hall–Kier alpha value is -1.25. The summed E-state index contributed by atoms with van der Waals surface area (Å²) in [6, 6.07) is 5.65. The van der Waals surface area contributed by atoms with Crippen molar-refractivity contribution < 1.29 is 9.13 Å². The molecule has 0 aliphatic heterocycles. The van der Waals surface area contributed by atoms with Gasteiger partial charge in [-0.2, -0.15) is 0 Å². The van der Waals surface area contributed by atoms with Crippen LogP contribution >= 0.6 is 0 Å². The molecule has 19 heavy (non-hydrogen) atoms. The van der Waals surface area contributed by atoms with Crippen molar-refractivity contribution in [2.24, 2.45) is 11.8 Å². The minimum Gasteiger partial charge on any atom is -0.494 e. The molecule has 2 atom stereocenters. The van der Waals surface area contributed by atoms with E-state index in [0.717, 1.165) is 17.5 Å². The number of halogens is 1. The second-order valence-corrected chi connectivity index (χ2v) is 5.95. The molecule has 0 spiro atoms. The SMILES string of the molecule is COc1ccc(NC2CCCC(C3CC3)C2)cc1F. The molecule has 0 amide bonds. The van der Waals surface area contributed by atoms with E-state index in [1.54, 1.807) is 12.1 Å². The van der Waals surface area contributed by atoms with Gasteiger partial charge in [-0.25, -0.2) is 4.39 Å². The van der Waals surface area contributed by atoms with Crippen LogP contribution in [0.3, 0.4) is 0 Å². The fraction of sp³-hybridized carbons (Fsp3) is 0.625. The predicted octanol–water partition coefficient (Wildman–Crippen LogP) is 4.22. The van der Waals surface area contributed by atoms with Gasteiger partial charge in [-0.3, -0.25) is 0 Å². The van der Waals surface area contributed by atoms with Crippen molar-refractivity contribution in [3.8, 4) is 5.75 Å². The van der Waals surface area contributed by atoms with E-state index in [4.69, 9.17) is 4.74 Å². The van der Waals surface area contributed by atoms with Crippen molar-refractivity contribution in [1.29, 1.82) is 0 Å². The molecule has 2 nitrogen and oxygen atoms in total. The van der Waals surface area contributed by atoms with Crippen molar-refractivity contribution in [3.63, 3.8) is 0 Å². The van der Waals surface area contributed by atoms with Gasteiger partial charge in [-0.1, -0.05) is 12.8 Å². The monoisotopic (exact) mass is 263 g/mol. The maximum absolute atomic E-state index is 13.7. The topological polar surface area (TPSA) is 21.3 Å². The number of anilines is 1. The fourth-order valence-corrected chi connectivity index (χ4v) is 3.35. The standard InChI is InChI=1S/C16H22FNO/c1-19-16-8-7-14(10-15(16)17)18-13-4-2-3-12(9-13)11-5-6-11/h7-8,10-13,18H,2-6,9H2,1H3. The van der Waals surface area contributed by atoms with Gasteiger partial charge in [-0.15, -0.1) is 0 Å². The van der Waals surface area contributed by atoms with Crippen LogP contribution in [0, 0.1) is 17.7 Å². The van der Waals surface area contributed by atoms with Crippen molar-refractivity contribution in [1.82, 2.24) is 0 Å². The van der Waals surface area contributed by atoms with Gasteiger partial charge in [0.15, 0.2) is 11.6 Å². The third-order valence-corrected chi connectivity index (χ3v) is 4.53. The highest BCUT2D eigenvalue weighted by Crippen LogP contribution is 2.44. The summed E-state index contributed by atoms with van der Waals surface area (Å²) in [7, 11) is 1.49. The Morgan fingerprint density at radius 2 is 2.00 bits per heavy atom. The Bertz CT molecular complexity index is 444. The molecule has 1 aromatic rings. The zero-order valence-corrected chi connectivity index (χ0v) is 11.5.